The number of rotatable bonds is 9. The second-order valence-corrected chi connectivity index (χ2v) is 7.52. The summed E-state index contributed by atoms with van der Waals surface area (Å²) in [5.41, 5.74) is 3.75. The van der Waals surface area contributed by atoms with Crippen molar-refractivity contribution in [3.63, 3.8) is 0 Å². The van der Waals surface area contributed by atoms with Gasteiger partial charge in [0.25, 0.3) is 0 Å². The number of hydrogen-bond acceptors (Lipinski definition) is 3. The highest BCUT2D eigenvalue weighted by Gasteiger charge is 2.11. The SMILES string of the molecule is COc1ccc2c(c1)c(OCCN(Cc1ccccc1)Cc1ccccc1)cn2C.Cl. The third-order valence-electron chi connectivity index (χ3n) is 5.32. The zero-order chi connectivity index (χ0) is 20.8. The number of methoxy groups -OCH3 is 1. The molecular formula is C26H29ClN2O2. The Labute approximate surface area is 190 Å². The average molecular weight is 437 g/mol. The molecule has 4 rings (SSSR count). The van der Waals surface area contributed by atoms with Crippen molar-refractivity contribution in [2.45, 2.75) is 13.1 Å². The van der Waals surface area contributed by atoms with E-state index in [2.05, 4.69) is 76.2 Å². The topological polar surface area (TPSA) is 26.6 Å². The molecule has 0 saturated carbocycles. The average Bonchev–Trinajstić information content (AvgIpc) is 3.10. The minimum absolute atomic E-state index is 0. The van der Waals surface area contributed by atoms with Crippen LogP contribution in [0.1, 0.15) is 11.1 Å². The maximum atomic E-state index is 6.23. The lowest BCUT2D eigenvalue weighted by molar-refractivity contribution is 0.197. The Bertz CT molecular complexity index is 1040. The van der Waals surface area contributed by atoms with Gasteiger partial charge in [-0.3, -0.25) is 4.90 Å². The van der Waals surface area contributed by atoms with Gasteiger partial charge in [-0.25, -0.2) is 0 Å². The third-order valence-corrected chi connectivity index (χ3v) is 5.32. The van der Waals surface area contributed by atoms with Crippen LogP contribution in [-0.2, 0) is 20.1 Å². The second-order valence-electron chi connectivity index (χ2n) is 7.52. The molecule has 4 aromatic rings. The van der Waals surface area contributed by atoms with Crippen molar-refractivity contribution in [1.29, 1.82) is 0 Å². The number of ether oxygens (including phenoxy) is 2. The Morgan fingerprint density at radius 3 is 2.03 bits per heavy atom. The van der Waals surface area contributed by atoms with Crippen molar-refractivity contribution in [2.75, 3.05) is 20.3 Å². The van der Waals surface area contributed by atoms with E-state index in [-0.39, 0.29) is 12.4 Å². The predicted molar refractivity (Wildman–Crippen MR) is 129 cm³/mol. The molecule has 0 N–H and O–H groups in total. The molecule has 0 amide bonds. The predicted octanol–water partition coefficient (Wildman–Crippen LogP) is 5.69. The first kappa shape index (κ1) is 22.7. The lowest BCUT2D eigenvalue weighted by Crippen LogP contribution is -2.27. The molecule has 0 unspecified atom stereocenters. The summed E-state index contributed by atoms with van der Waals surface area (Å²) in [5, 5.41) is 1.08. The molecule has 162 valence electrons. The highest BCUT2D eigenvalue weighted by molar-refractivity contribution is 5.88. The summed E-state index contributed by atoms with van der Waals surface area (Å²) in [6, 6.07) is 27.3. The maximum absolute atomic E-state index is 6.23. The van der Waals surface area contributed by atoms with Crippen molar-refractivity contribution < 1.29 is 9.47 Å². The fraction of sp³-hybridized carbons (Fsp3) is 0.231. The smallest absolute Gasteiger partial charge is 0.144 e. The first-order valence-corrected chi connectivity index (χ1v) is 10.3. The van der Waals surface area contributed by atoms with Crippen molar-refractivity contribution in [2.24, 2.45) is 7.05 Å². The zero-order valence-corrected chi connectivity index (χ0v) is 18.8. The fourth-order valence-electron chi connectivity index (χ4n) is 3.76. The van der Waals surface area contributed by atoms with Crippen LogP contribution in [0.15, 0.2) is 85.1 Å². The first-order chi connectivity index (χ1) is 14.7. The van der Waals surface area contributed by atoms with Gasteiger partial charge in [-0.15, -0.1) is 12.4 Å². The molecule has 31 heavy (non-hydrogen) atoms. The zero-order valence-electron chi connectivity index (χ0n) is 18.0. The molecular weight excluding hydrogens is 408 g/mol. The van der Waals surface area contributed by atoms with E-state index in [0.29, 0.717) is 6.61 Å². The van der Waals surface area contributed by atoms with Crippen LogP contribution in [0.4, 0.5) is 0 Å². The first-order valence-electron chi connectivity index (χ1n) is 10.3. The molecule has 0 bridgehead atoms. The quantitative estimate of drug-likeness (QED) is 0.337. The molecule has 0 aliphatic carbocycles. The molecule has 1 heterocycles. The Morgan fingerprint density at radius 1 is 0.839 bits per heavy atom. The minimum atomic E-state index is 0. The van der Waals surface area contributed by atoms with Gasteiger partial charge in [0.1, 0.15) is 18.1 Å². The molecule has 0 saturated heterocycles. The van der Waals surface area contributed by atoms with E-state index in [1.54, 1.807) is 7.11 Å². The van der Waals surface area contributed by atoms with Gasteiger partial charge in [-0.2, -0.15) is 0 Å². The summed E-state index contributed by atoms with van der Waals surface area (Å²) in [6.07, 6.45) is 2.04. The van der Waals surface area contributed by atoms with Crippen molar-refractivity contribution >= 4 is 23.3 Å². The molecule has 1 aromatic heterocycles. The fourth-order valence-corrected chi connectivity index (χ4v) is 3.76. The molecule has 5 heteroatoms. The van der Waals surface area contributed by atoms with E-state index < -0.39 is 0 Å². The number of halogens is 1. The Balaban J connectivity index is 0.00000272. The minimum Gasteiger partial charge on any atom is -0.497 e. The van der Waals surface area contributed by atoms with Crippen molar-refractivity contribution in [3.8, 4) is 11.5 Å². The molecule has 0 atom stereocenters. The van der Waals surface area contributed by atoms with E-state index >= 15 is 0 Å². The number of benzene rings is 3. The van der Waals surface area contributed by atoms with Crippen LogP contribution in [-0.4, -0.2) is 29.7 Å². The molecule has 3 aromatic carbocycles. The van der Waals surface area contributed by atoms with Crippen molar-refractivity contribution in [1.82, 2.24) is 9.47 Å². The van der Waals surface area contributed by atoms with Crippen LogP contribution in [0.25, 0.3) is 10.9 Å². The van der Waals surface area contributed by atoms with E-state index in [9.17, 15) is 0 Å². The van der Waals surface area contributed by atoms with E-state index in [1.165, 1.54) is 11.1 Å². The highest BCUT2D eigenvalue weighted by Crippen LogP contribution is 2.30. The van der Waals surface area contributed by atoms with Gasteiger partial charge in [0, 0.05) is 38.3 Å². The molecule has 0 aliphatic rings. The molecule has 0 aliphatic heterocycles. The summed E-state index contributed by atoms with van der Waals surface area (Å²) in [6.45, 7) is 3.24. The molecule has 0 radical (unpaired) electrons. The van der Waals surface area contributed by atoms with Crippen molar-refractivity contribution in [3.05, 3.63) is 96.2 Å². The van der Waals surface area contributed by atoms with Gasteiger partial charge >= 0.3 is 0 Å². The summed E-state index contributed by atoms with van der Waals surface area (Å²) in [5.74, 6) is 1.74. The number of aryl methyl sites for hydroxylation is 1. The number of nitrogens with zero attached hydrogens (tertiary/aromatic N) is 2. The Hall–Kier alpha value is -2.95. The standard InChI is InChI=1S/C26H28N2O2.ClH/c1-27-20-26(24-17-23(29-2)13-14-25(24)27)30-16-15-28(18-21-9-5-3-6-10-21)19-22-11-7-4-8-12-22;/h3-14,17,20H,15-16,18-19H2,1-2H3;1H. The number of hydrogen-bond donors (Lipinski definition) is 0. The normalized spacial score (nSPS) is 10.8. The van der Waals surface area contributed by atoms with Crippen LogP contribution >= 0.6 is 12.4 Å². The van der Waals surface area contributed by atoms with Gasteiger partial charge in [0.2, 0.25) is 0 Å². The largest absolute Gasteiger partial charge is 0.497 e. The maximum Gasteiger partial charge on any atom is 0.144 e. The lowest BCUT2D eigenvalue weighted by atomic mass is 10.1. The lowest BCUT2D eigenvalue weighted by Gasteiger charge is -2.22. The van der Waals surface area contributed by atoms with Gasteiger partial charge in [-0.1, -0.05) is 60.7 Å². The van der Waals surface area contributed by atoms with Crippen LogP contribution < -0.4 is 9.47 Å². The van der Waals surface area contributed by atoms with Crippen LogP contribution in [0.2, 0.25) is 0 Å². The van der Waals surface area contributed by atoms with Gasteiger partial charge in [0.05, 0.1) is 12.6 Å². The molecule has 4 nitrogen and oxygen atoms in total. The number of fused-ring (bicyclic) bond motifs is 1. The third kappa shape index (κ3) is 5.81. The van der Waals surface area contributed by atoms with E-state index in [0.717, 1.165) is 42.0 Å². The van der Waals surface area contributed by atoms with E-state index in [4.69, 9.17) is 9.47 Å². The van der Waals surface area contributed by atoms with Gasteiger partial charge < -0.3 is 14.0 Å². The van der Waals surface area contributed by atoms with Gasteiger partial charge in [-0.05, 0) is 29.3 Å². The second kappa shape index (κ2) is 10.9. The highest BCUT2D eigenvalue weighted by atomic mass is 35.5. The molecule has 0 spiro atoms. The Kier molecular flexibility index (Phi) is 7.99. The number of aromatic nitrogens is 1. The van der Waals surface area contributed by atoms with Crippen LogP contribution in [0, 0.1) is 0 Å². The summed E-state index contributed by atoms with van der Waals surface area (Å²) >= 11 is 0. The van der Waals surface area contributed by atoms with Crippen LogP contribution in [0.3, 0.4) is 0 Å². The summed E-state index contributed by atoms with van der Waals surface area (Å²) in [4.78, 5) is 2.43. The van der Waals surface area contributed by atoms with Gasteiger partial charge in [0.15, 0.2) is 0 Å². The summed E-state index contributed by atoms with van der Waals surface area (Å²) in [7, 11) is 3.73. The monoisotopic (exact) mass is 436 g/mol. The van der Waals surface area contributed by atoms with E-state index in [1.807, 2.05) is 25.4 Å². The summed E-state index contributed by atoms with van der Waals surface area (Å²) < 4.78 is 13.7. The Morgan fingerprint density at radius 2 is 1.45 bits per heavy atom. The van der Waals surface area contributed by atoms with Crippen LogP contribution in [0.5, 0.6) is 11.5 Å². The molecule has 0 fully saturated rings.